The molecule has 0 N–H and O–H groups in total. The summed E-state index contributed by atoms with van der Waals surface area (Å²) in [6, 6.07) is 17.0. The Morgan fingerprint density at radius 1 is 1.14 bits per heavy atom. The largest absolute Gasteiger partial charge is 0.443 e. The van der Waals surface area contributed by atoms with Crippen molar-refractivity contribution in [3.8, 4) is 17.6 Å². The lowest BCUT2D eigenvalue weighted by atomic mass is 9.89. The fourth-order valence-corrected chi connectivity index (χ4v) is 7.26. The van der Waals surface area contributed by atoms with Crippen molar-refractivity contribution in [2.45, 2.75) is 57.0 Å². The van der Waals surface area contributed by atoms with E-state index in [1.54, 1.807) is 12.3 Å². The quantitative estimate of drug-likeness (QED) is 0.254. The number of hydrogen-bond acceptors (Lipinski definition) is 6. The van der Waals surface area contributed by atoms with Crippen LogP contribution < -0.4 is 14.4 Å². The van der Waals surface area contributed by atoms with Gasteiger partial charge in [0.1, 0.15) is 11.5 Å². The summed E-state index contributed by atoms with van der Waals surface area (Å²) in [5, 5.41) is 10.6. The molecule has 1 saturated carbocycles. The molecule has 0 bridgehead atoms. The second kappa shape index (κ2) is 9.35. The van der Waals surface area contributed by atoms with E-state index >= 15 is 4.39 Å². The summed E-state index contributed by atoms with van der Waals surface area (Å²) >= 11 is 6.05. The minimum atomic E-state index is -1.03. The number of anilines is 1. The molecule has 4 aromatic rings. The van der Waals surface area contributed by atoms with Gasteiger partial charge in [-0.05, 0) is 73.6 Å². The van der Waals surface area contributed by atoms with E-state index in [2.05, 4.69) is 26.6 Å². The lowest BCUT2D eigenvalue weighted by Crippen LogP contribution is -2.36. The molecule has 3 fully saturated rings. The first-order chi connectivity index (χ1) is 20.4. The van der Waals surface area contributed by atoms with Gasteiger partial charge in [-0.1, -0.05) is 17.7 Å². The van der Waals surface area contributed by atoms with Gasteiger partial charge in [0.2, 0.25) is 0 Å². The SMILES string of the molecule is C[C@]1(c2ccc(Cl)cn2)Oc2cccc(N3CCC4(CC3)C[C@H]4c3cc4c(F)cc(C#N)cc4n3C[C@H]3CCO3)c2O1. The van der Waals surface area contributed by atoms with E-state index in [4.69, 9.17) is 25.8 Å². The molecule has 0 amide bonds. The van der Waals surface area contributed by atoms with Gasteiger partial charge >= 0.3 is 0 Å². The number of piperidine rings is 1. The Balaban J connectivity index is 1.04. The third-order valence-corrected chi connectivity index (χ3v) is 9.93. The molecule has 2 aromatic heterocycles. The normalized spacial score (nSPS) is 25.4. The Bertz CT molecular complexity index is 1750. The van der Waals surface area contributed by atoms with Crippen LogP contribution in [0.5, 0.6) is 11.5 Å². The molecule has 5 heterocycles. The van der Waals surface area contributed by atoms with Crippen molar-refractivity contribution < 1.29 is 18.6 Å². The topological polar surface area (TPSA) is 72.5 Å². The molecule has 3 atom stereocenters. The van der Waals surface area contributed by atoms with Gasteiger partial charge in [0, 0.05) is 56.4 Å². The predicted molar refractivity (Wildman–Crippen MR) is 157 cm³/mol. The van der Waals surface area contributed by atoms with Crippen molar-refractivity contribution in [3.05, 3.63) is 82.5 Å². The van der Waals surface area contributed by atoms with Gasteiger partial charge in [0.05, 0.1) is 34.0 Å². The van der Waals surface area contributed by atoms with E-state index in [0.29, 0.717) is 39.9 Å². The summed E-state index contributed by atoms with van der Waals surface area (Å²) in [6.45, 7) is 5.13. The van der Waals surface area contributed by atoms with Crippen molar-refractivity contribution in [1.82, 2.24) is 9.55 Å². The minimum absolute atomic E-state index is 0.140. The van der Waals surface area contributed by atoms with Gasteiger partial charge in [0.25, 0.3) is 5.79 Å². The number of pyridine rings is 1. The molecule has 2 aromatic carbocycles. The minimum Gasteiger partial charge on any atom is -0.443 e. The molecule has 1 aliphatic carbocycles. The third-order valence-electron chi connectivity index (χ3n) is 9.71. The average Bonchev–Trinajstić information content (AvgIpc) is 3.33. The highest BCUT2D eigenvalue weighted by Crippen LogP contribution is 2.66. The smallest absolute Gasteiger partial charge is 0.292 e. The average molecular weight is 585 g/mol. The van der Waals surface area contributed by atoms with Crippen LogP contribution in [-0.4, -0.2) is 35.4 Å². The molecular formula is C33H30ClFN4O3. The van der Waals surface area contributed by atoms with Gasteiger partial charge in [0.15, 0.2) is 11.5 Å². The molecule has 7 nitrogen and oxygen atoms in total. The number of ether oxygens (including phenoxy) is 3. The van der Waals surface area contributed by atoms with Crippen molar-refractivity contribution in [3.63, 3.8) is 0 Å². The Labute approximate surface area is 248 Å². The van der Waals surface area contributed by atoms with Crippen LogP contribution >= 0.6 is 11.6 Å². The van der Waals surface area contributed by atoms with Gasteiger partial charge in [-0.3, -0.25) is 4.98 Å². The first-order valence-electron chi connectivity index (χ1n) is 14.6. The van der Waals surface area contributed by atoms with Gasteiger partial charge in [-0.25, -0.2) is 4.39 Å². The molecule has 214 valence electrons. The molecule has 1 spiro atoms. The first-order valence-corrected chi connectivity index (χ1v) is 15.0. The number of nitrogens with zero attached hydrogens (tertiary/aromatic N) is 4. The van der Waals surface area contributed by atoms with E-state index in [1.165, 1.54) is 11.8 Å². The number of para-hydroxylation sites is 1. The van der Waals surface area contributed by atoms with Gasteiger partial charge < -0.3 is 23.7 Å². The van der Waals surface area contributed by atoms with Crippen LogP contribution in [0.25, 0.3) is 10.9 Å². The number of fused-ring (bicyclic) bond motifs is 2. The zero-order valence-electron chi connectivity index (χ0n) is 23.3. The zero-order chi connectivity index (χ0) is 28.6. The summed E-state index contributed by atoms with van der Waals surface area (Å²) in [7, 11) is 0. The van der Waals surface area contributed by atoms with Crippen LogP contribution in [0.3, 0.4) is 0 Å². The standard InChI is InChI=1S/C33H30ClFN4O3/c1-32(30-6-5-21(34)18-37-30)41-29-4-2-3-26(31(29)42-32)38-10-8-33(9-11-38)16-24(33)28-15-23-25(35)13-20(17-36)14-27(23)39(28)19-22-7-12-40-22/h2-6,13-15,18,22,24H,7-12,16,19H2,1H3/t22-,24+,32+/m1/s1. The molecule has 0 radical (unpaired) electrons. The second-order valence-corrected chi connectivity index (χ2v) is 12.6. The fourth-order valence-electron chi connectivity index (χ4n) is 7.15. The van der Waals surface area contributed by atoms with E-state index in [9.17, 15) is 5.26 Å². The van der Waals surface area contributed by atoms with E-state index in [-0.39, 0.29) is 17.3 Å². The van der Waals surface area contributed by atoms with E-state index in [0.717, 1.165) is 62.3 Å². The lowest BCUT2D eigenvalue weighted by Gasteiger charge is -2.35. The number of hydrogen-bond donors (Lipinski definition) is 0. The van der Waals surface area contributed by atoms with Crippen LogP contribution in [0.4, 0.5) is 10.1 Å². The maximum Gasteiger partial charge on any atom is 0.292 e. The van der Waals surface area contributed by atoms with Crippen LogP contribution in [0.15, 0.2) is 54.7 Å². The molecule has 42 heavy (non-hydrogen) atoms. The molecule has 2 saturated heterocycles. The molecular weight excluding hydrogens is 555 g/mol. The Hall–Kier alpha value is -3.80. The number of benzene rings is 2. The Morgan fingerprint density at radius 3 is 2.69 bits per heavy atom. The van der Waals surface area contributed by atoms with Crippen molar-refractivity contribution in [2.75, 3.05) is 24.6 Å². The van der Waals surface area contributed by atoms with Crippen molar-refractivity contribution >= 4 is 28.2 Å². The first kappa shape index (κ1) is 25.9. The fraction of sp³-hybridized carbons (Fsp3) is 0.394. The lowest BCUT2D eigenvalue weighted by molar-refractivity contribution is -0.0716. The predicted octanol–water partition coefficient (Wildman–Crippen LogP) is 6.91. The van der Waals surface area contributed by atoms with Crippen molar-refractivity contribution in [1.29, 1.82) is 5.26 Å². The molecule has 0 unspecified atom stereocenters. The Kier molecular flexibility index (Phi) is 5.76. The van der Waals surface area contributed by atoms with Crippen LogP contribution in [0.1, 0.15) is 55.5 Å². The van der Waals surface area contributed by atoms with Crippen LogP contribution in [-0.2, 0) is 17.1 Å². The summed E-state index contributed by atoms with van der Waals surface area (Å²) in [5.74, 6) is 0.448. The number of nitriles is 1. The highest BCUT2D eigenvalue weighted by atomic mass is 35.5. The van der Waals surface area contributed by atoms with Crippen molar-refractivity contribution in [2.24, 2.45) is 5.41 Å². The maximum atomic E-state index is 15.1. The maximum absolute atomic E-state index is 15.1. The van der Waals surface area contributed by atoms with Crippen LogP contribution in [0.2, 0.25) is 5.02 Å². The molecule has 4 aliphatic rings. The molecule has 8 rings (SSSR count). The third kappa shape index (κ3) is 4.05. The molecule has 3 aliphatic heterocycles. The summed E-state index contributed by atoms with van der Waals surface area (Å²) in [4.78, 5) is 6.83. The number of rotatable bonds is 5. The monoisotopic (exact) mass is 584 g/mol. The van der Waals surface area contributed by atoms with Crippen LogP contribution in [0, 0.1) is 22.6 Å². The highest BCUT2D eigenvalue weighted by molar-refractivity contribution is 6.30. The van der Waals surface area contributed by atoms with Gasteiger partial charge in [-0.15, -0.1) is 0 Å². The van der Waals surface area contributed by atoms with E-state index < -0.39 is 5.79 Å². The highest BCUT2D eigenvalue weighted by Gasteiger charge is 2.57. The summed E-state index contributed by atoms with van der Waals surface area (Å²) in [5.41, 5.74) is 4.20. The summed E-state index contributed by atoms with van der Waals surface area (Å²) in [6.07, 6.45) is 5.90. The van der Waals surface area contributed by atoms with E-state index in [1.807, 2.05) is 37.3 Å². The van der Waals surface area contributed by atoms with Gasteiger partial charge in [-0.2, -0.15) is 5.26 Å². The number of halogens is 2. The number of aromatic nitrogens is 2. The summed E-state index contributed by atoms with van der Waals surface area (Å²) < 4.78 is 35.8. The Morgan fingerprint density at radius 2 is 1.98 bits per heavy atom. The second-order valence-electron chi connectivity index (χ2n) is 12.2. The zero-order valence-corrected chi connectivity index (χ0v) is 24.0. The molecule has 9 heteroatoms.